The summed E-state index contributed by atoms with van der Waals surface area (Å²) in [6.07, 6.45) is -4.37. The van der Waals surface area contributed by atoms with E-state index in [0.717, 1.165) is 5.56 Å². The Kier molecular flexibility index (Phi) is 6.31. The standard InChI is InChI=1S/C14H19ClF3NO2/c1-13(2,3)19-7-10-4-5-12(11(15)6-10)21-9-20-8-14(16,17)18/h4-6,19H,7-9H2,1-3H3. The molecule has 3 nitrogen and oxygen atoms in total. The minimum Gasteiger partial charge on any atom is -0.466 e. The van der Waals surface area contributed by atoms with Crippen LogP contribution < -0.4 is 10.1 Å². The summed E-state index contributed by atoms with van der Waals surface area (Å²) in [6.45, 7) is 4.92. The number of nitrogens with one attached hydrogen (secondary N) is 1. The maximum atomic E-state index is 11.9. The molecule has 0 amide bonds. The van der Waals surface area contributed by atoms with Crippen LogP contribution in [0.15, 0.2) is 18.2 Å². The quantitative estimate of drug-likeness (QED) is 0.630. The van der Waals surface area contributed by atoms with E-state index in [2.05, 4.69) is 10.1 Å². The summed E-state index contributed by atoms with van der Waals surface area (Å²) in [5.74, 6) is 0.290. The zero-order valence-corrected chi connectivity index (χ0v) is 12.9. The number of halogens is 4. The zero-order valence-electron chi connectivity index (χ0n) is 12.2. The summed E-state index contributed by atoms with van der Waals surface area (Å²) in [4.78, 5) is 0. The molecule has 1 aromatic rings. The third-order valence-corrected chi connectivity index (χ3v) is 2.68. The highest BCUT2D eigenvalue weighted by atomic mass is 35.5. The molecule has 0 fully saturated rings. The molecule has 0 saturated heterocycles. The average molecular weight is 326 g/mol. The first-order valence-electron chi connectivity index (χ1n) is 6.37. The van der Waals surface area contributed by atoms with Crippen LogP contribution in [0.5, 0.6) is 5.75 Å². The molecule has 0 heterocycles. The fourth-order valence-corrected chi connectivity index (χ4v) is 1.66. The van der Waals surface area contributed by atoms with Crippen molar-refractivity contribution in [1.82, 2.24) is 5.32 Å². The van der Waals surface area contributed by atoms with Gasteiger partial charge in [0.05, 0.1) is 5.02 Å². The Morgan fingerprint density at radius 3 is 2.38 bits per heavy atom. The SMILES string of the molecule is CC(C)(C)NCc1ccc(OCOCC(F)(F)F)c(Cl)c1. The summed E-state index contributed by atoms with van der Waals surface area (Å²) >= 11 is 6.02. The van der Waals surface area contributed by atoms with E-state index in [4.69, 9.17) is 16.3 Å². The maximum Gasteiger partial charge on any atom is 0.411 e. The van der Waals surface area contributed by atoms with Gasteiger partial charge in [0.15, 0.2) is 6.79 Å². The van der Waals surface area contributed by atoms with E-state index >= 15 is 0 Å². The van der Waals surface area contributed by atoms with Crippen molar-refractivity contribution >= 4 is 11.6 Å². The Labute approximate surface area is 127 Å². The van der Waals surface area contributed by atoms with Crippen LogP contribution in [0.1, 0.15) is 26.3 Å². The number of alkyl halides is 3. The van der Waals surface area contributed by atoms with Crippen LogP contribution in [0.3, 0.4) is 0 Å². The van der Waals surface area contributed by atoms with Crippen LogP contribution in [-0.4, -0.2) is 25.1 Å². The highest BCUT2D eigenvalue weighted by molar-refractivity contribution is 6.32. The maximum absolute atomic E-state index is 11.9. The Hall–Kier alpha value is -0.980. The second-order valence-electron chi connectivity index (χ2n) is 5.59. The lowest BCUT2D eigenvalue weighted by atomic mass is 10.1. The number of hydrogen-bond acceptors (Lipinski definition) is 3. The van der Waals surface area contributed by atoms with Crippen molar-refractivity contribution in [1.29, 1.82) is 0 Å². The van der Waals surface area contributed by atoms with Crippen LogP contribution in [0.2, 0.25) is 5.02 Å². The van der Waals surface area contributed by atoms with Gasteiger partial charge in [-0.15, -0.1) is 0 Å². The highest BCUT2D eigenvalue weighted by Crippen LogP contribution is 2.26. The molecule has 0 bridgehead atoms. The van der Waals surface area contributed by atoms with Gasteiger partial charge in [0.2, 0.25) is 0 Å². The van der Waals surface area contributed by atoms with E-state index in [1.165, 1.54) is 0 Å². The van der Waals surface area contributed by atoms with Crippen LogP contribution >= 0.6 is 11.6 Å². The molecule has 0 atom stereocenters. The van der Waals surface area contributed by atoms with Gasteiger partial charge in [-0.05, 0) is 38.5 Å². The first-order chi connectivity index (χ1) is 9.57. The fourth-order valence-electron chi connectivity index (χ4n) is 1.40. The van der Waals surface area contributed by atoms with Crippen molar-refractivity contribution < 1.29 is 22.6 Å². The van der Waals surface area contributed by atoms with Crippen LogP contribution in [0, 0.1) is 0 Å². The second kappa shape index (κ2) is 7.33. The number of hydrogen-bond donors (Lipinski definition) is 1. The van der Waals surface area contributed by atoms with Crippen LogP contribution in [0.4, 0.5) is 13.2 Å². The predicted molar refractivity (Wildman–Crippen MR) is 75.5 cm³/mol. The van der Waals surface area contributed by atoms with E-state index in [1.54, 1.807) is 18.2 Å². The van der Waals surface area contributed by atoms with E-state index in [0.29, 0.717) is 17.3 Å². The van der Waals surface area contributed by atoms with Gasteiger partial charge in [-0.3, -0.25) is 0 Å². The minimum atomic E-state index is -4.37. The minimum absolute atomic E-state index is 0.0208. The number of rotatable bonds is 6. The Morgan fingerprint density at radius 2 is 1.86 bits per heavy atom. The van der Waals surface area contributed by atoms with Gasteiger partial charge in [-0.2, -0.15) is 13.2 Å². The van der Waals surface area contributed by atoms with Crippen molar-refractivity contribution in [3.8, 4) is 5.75 Å². The summed E-state index contributed by atoms with van der Waals surface area (Å²) in [6, 6.07) is 5.11. The monoisotopic (exact) mass is 325 g/mol. The summed E-state index contributed by atoms with van der Waals surface area (Å²) < 4.78 is 45.1. The summed E-state index contributed by atoms with van der Waals surface area (Å²) in [7, 11) is 0. The van der Waals surface area contributed by atoms with Gasteiger partial charge in [-0.1, -0.05) is 17.7 Å². The summed E-state index contributed by atoms with van der Waals surface area (Å²) in [5, 5.41) is 3.64. The molecule has 0 aromatic heterocycles. The lowest BCUT2D eigenvalue weighted by molar-refractivity contribution is -0.186. The molecule has 120 valence electrons. The molecule has 0 aliphatic rings. The van der Waals surface area contributed by atoms with Gasteiger partial charge in [-0.25, -0.2) is 0 Å². The number of benzene rings is 1. The largest absolute Gasteiger partial charge is 0.466 e. The van der Waals surface area contributed by atoms with Gasteiger partial charge in [0.1, 0.15) is 12.4 Å². The molecular weight excluding hydrogens is 307 g/mol. The van der Waals surface area contributed by atoms with Crippen molar-refractivity contribution in [3.05, 3.63) is 28.8 Å². The lowest BCUT2D eigenvalue weighted by Gasteiger charge is -2.20. The third kappa shape index (κ3) is 8.14. The smallest absolute Gasteiger partial charge is 0.411 e. The normalized spacial score (nSPS) is 12.5. The summed E-state index contributed by atoms with van der Waals surface area (Å²) in [5.41, 5.74) is 0.936. The van der Waals surface area contributed by atoms with Gasteiger partial charge in [0, 0.05) is 12.1 Å². The predicted octanol–water partition coefficient (Wildman–Crippen LogP) is 4.14. The third-order valence-electron chi connectivity index (χ3n) is 2.38. The molecule has 0 aliphatic heterocycles. The molecule has 21 heavy (non-hydrogen) atoms. The topological polar surface area (TPSA) is 30.5 Å². The highest BCUT2D eigenvalue weighted by Gasteiger charge is 2.27. The van der Waals surface area contributed by atoms with Crippen molar-refractivity contribution in [2.24, 2.45) is 0 Å². The second-order valence-corrected chi connectivity index (χ2v) is 6.00. The molecular formula is C14H19ClF3NO2. The molecule has 1 N–H and O–H groups in total. The Balaban J connectivity index is 2.47. The fraction of sp³-hybridized carbons (Fsp3) is 0.571. The molecule has 0 spiro atoms. The Morgan fingerprint density at radius 1 is 1.19 bits per heavy atom. The van der Waals surface area contributed by atoms with E-state index in [9.17, 15) is 13.2 Å². The molecule has 1 rings (SSSR count). The molecule has 0 unspecified atom stereocenters. The zero-order chi connectivity index (χ0) is 16.1. The van der Waals surface area contributed by atoms with Gasteiger partial charge >= 0.3 is 6.18 Å². The Bertz CT molecular complexity index is 459. The molecule has 7 heteroatoms. The van der Waals surface area contributed by atoms with Gasteiger partial charge in [0.25, 0.3) is 0 Å². The molecule has 0 aliphatic carbocycles. The lowest BCUT2D eigenvalue weighted by Crippen LogP contribution is -2.35. The first-order valence-corrected chi connectivity index (χ1v) is 6.75. The van der Waals surface area contributed by atoms with E-state index < -0.39 is 19.6 Å². The van der Waals surface area contributed by atoms with Gasteiger partial charge < -0.3 is 14.8 Å². The molecule has 1 aromatic carbocycles. The number of ether oxygens (including phenoxy) is 2. The average Bonchev–Trinajstić information content (AvgIpc) is 2.32. The van der Waals surface area contributed by atoms with Crippen LogP contribution in [-0.2, 0) is 11.3 Å². The molecule has 0 saturated carbocycles. The molecule has 0 radical (unpaired) electrons. The van der Waals surface area contributed by atoms with E-state index in [-0.39, 0.29) is 5.54 Å². The first kappa shape index (κ1) is 18.1. The van der Waals surface area contributed by atoms with Crippen molar-refractivity contribution in [3.63, 3.8) is 0 Å². The van der Waals surface area contributed by atoms with Crippen LogP contribution in [0.25, 0.3) is 0 Å². The van der Waals surface area contributed by atoms with E-state index in [1.807, 2.05) is 20.8 Å². The van der Waals surface area contributed by atoms with Crippen molar-refractivity contribution in [2.45, 2.75) is 39.0 Å². The van der Waals surface area contributed by atoms with Crippen molar-refractivity contribution in [2.75, 3.05) is 13.4 Å².